The number of hydrogen-bond acceptors (Lipinski definition) is 3. The second-order valence-electron chi connectivity index (χ2n) is 4.08. The van der Waals surface area contributed by atoms with Crippen LogP contribution in [0.25, 0.3) is 0 Å². The summed E-state index contributed by atoms with van der Waals surface area (Å²) in [7, 11) is 3.06. The lowest BCUT2D eigenvalue weighted by Gasteiger charge is -2.21. The Labute approximate surface area is 107 Å². The van der Waals surface area contributed by atoms with E-state index in [0.29, 0.717) is 11.3 Å². The summed E-state index contributed by atoms with van der Waals surface area (Å²) in [5, 5.41) is 5.57. The minimum atomic E-state index is -0.408. The van der Waals surface area contributed by atoms with E-state index in [9.17, 15) is 9.18 Å². The van der Waals surface area contributed by atoms with E-state index in [4.69, 9.17) is 4.74 Å². The third kappa shape index (κ3) is 3.20. The highest BCUT2D eigenvalue weighted by molar-refractivity contribution is 5.81. The van der Waals surface area contributed by atoms with Crippen molar-refractivity contribution in [2.24, 2.45) is 0 Å². The SMILES string of the molecule is CNC(=O)C(C)NC(C)c1c(F)cccc1OC. The lowest BCUT2D eigenvalue weighted by molar-refractivity contribution is -0.122. The second kappa shape index (κ2) is 6.35. The molecule has 2 atom stereocenters. The third-order valence-electron chi connectivity index (χ3n) is 2.81. The summed E-state index contributed by atoms with van der Waals surface area (Å²) in [6.07, 6.45) is 0. The topological polar surface area (TPSA) is 50.4 Å². The number of carbonyl (C=O) groups excluding carboxylic acids is 1. The van der Waals surface area contributed by atoms with E-state index in [1.54, 1.807) is 33.0 Å². The molecule has 1 aromatic rings. The smallest absolute Gasteiger partial charge is 0.236 e. The number of hydrogen-bond donors (Lipinski definition) is 2. The highest BCUT2D eigenvalue weighted by Crippen LogP contribution is 2.27. The first-order valence-electron chi connectivity index (χ1n) is 5.81. The molecule has 1 rings (SSSR count). The molecule has 2 N–H and O–H groups in total. The van der Waals surface area contributed by atoms with Crippen LogP contribution in [0.4, 0.5) is 4.39 Å². The van der Waals surface area contributed by atoms with Crippen LogP contribution in [-0.4, -0.2) is 26.1 Å². The van der Waals surface area contributed by atoms with E-state index < -0.39 is 6.04 Å². The third-order valence-corrected chi connectivity index (χ3v) is 2.81. The fraction of sp³-hybridized carbons (Fsp3) is 0.462. The van der Waals surface area contributed by atoms with E-state index >= 15 is 0 Å². The standard InChI is InChI=1S/C13H19FN2O2/c1-8(16-9(2)13(17)15-3)12-10(14)6-5-7-11(12)18-4/h5-9,16H,1-4H3,(H,15,17). The van der Waals surface area contributed by atoms with Gasteiger partial charge in [0.15, 0.2) is 0 Å². The van der Waals surface area contributed by atoms with Gasteiger partial charge in [-0.3, -0.25) is 10.1 Å². The monoisotopic (exact) mass is 254 g/mol. The van der Waals surface area contributed by atoms with Crippen molar-refractivity contribution in [3.8, 4) is 5.75 Å². The number of amides is 1. The van der Waals surface area contributed by atoms with Gasteiger partial charge in [-0.2, -0.15) is 0 Å². The van der Waals surface area contributed by atoms with Gasteiger partial charge in [0.1, 0.15) is 11.6 Å². The van der Waals surface area contributed by atoms with Gasteiger partial charge < -0.3 is 10.1 Å². The summed E-state index contributed by atoms with van der Waals surface area (Å²) < 4.78 is 18.9. The molecule has 0 fully saturated rings. The highest BCUT2D eigenvalue weighted by atomic mass is 19.1. The van der Waals surface area contributed by atoms with Crippen molar-refractivity contribution >= 4 is 5.91 Å². The summed E-state index contributed by atoms with van der Waals surface area (Å²) >= 11 is 0. The summed E-state index contributed by atoms with van der Waals surface area (Å²) in [5.74, 6) is -0.0188. The summed E-state index contributed by atoms with van der Waals surface area (Å²) in [6.45, 7) is 3.52. The molecule has 0 radical (unpaired) electrons. The number of ether oxygens (including phenoxy) is 1. The highest BCUT2D eigenvalue weighted by Gasteiger charge is 2.20. The van der Waals surface area contributed by atoms with Gasteiger partial charge in [0, 0.05) is 18.7 Å². The van der Waals surface area contributed by atoms with Gasteiger partial charge in [0.25, 0.3) is 0 Å². The fourth-order valence-electron chi connectivity index (χ4n) is 1.87. The molecule has 2 unspecified atom stereocenters. The predicted molar refractivity (Wildman–Crippen MR) is 68.0 cm³/mol. The molecule has 5 heteroatoms. The summed E-state index contributed by atoms with van der Waals surface area (Å²) in [6, 6.07) is 3.93. The molecule has 0 bridgehead atoms. The Kier molecular flexibility index (Phi) is 5.09. The van der Waals surface area contributed by atoms with Crippen LogP contribution in [0.3, 0.4) is 0 Å². The minimum Gasteiger partial charge on any atom is -0.496 e. The van der Waals surface area contributed by atoms with Crippen molar-refractivity contribution in [2.45, 2.75) is 25.9 Å². The van der Waals surface area contributed by atoms with Crippen molar-refractivity contribution in [3.63, 3.8) is 0 Å². The Balaban J connectivity index is 2.90. The van der Waals surface area contributed by atoms with E-state index in [-0.39, 0.29) is 17.8 Å². The van der Waals surface area contributed by atoms with E-state index in [1.807, 2.05) is 0 Å². The lowest BCUT2D eigenvalue weighted by atomic mass is 10.1. The molecule has 18 heavy (non-hydrogen) atoms. The van der Waals surface area contributed by atoms with Crippen LogP contribution in [0, 0.1) is 5.82 Å². The molecular weight excluding hydrogens is 235 g/mol. The Morgan fingerprint density at radius 3 is 2.61 bits per heavy atom. The van der Waals surface area contributed by atoms with Crippen molar-refractivity contribution in [1.29, 1.82) is 0 Å². The first-order chi connectivity index (χ1) is 8.51. The van der Waals surface area contributed by atoms with Crippen LogP contribution in [0.1, 0.15) is 25.5 Å². The van der Waals surface area contributed by atoms with Crippen molar-refractivity contribution in [2.75, 3.05) is 14.2 Å². The summed E-state index contributed by atoms with van der Waals surface area (Å²) in [4.78, 5) is 11.4. The quantitative estimate of drug-likeness (QED) is 0.839. The van der Waals surface area contributed by atoms with Gasteiger partial charge in [-0.1, -0.05) is 6.07 Å². The maximum atomic E-state index is 13.8. The van der Waals surface area contributed by atoms with Gasteiger partial charge >= 0.3 is 0 Å². The van der Waals surface area contributed by atoms with Crippen LogP contribution in [-0.2, 0) is 4.79 Å². The van der Waals surface area contributed by atoms with Crippen LogP contribution < -0.4 is 15.4 Å². The molecule has 4 nitrogen and oxygen atoms in total. The number of carbonyl (C=O) groups is 1. The molecule has 0 aliphatic heterocycles. The Morgan fingerprint density at radius 2 is 2.06 bits per heavy atom. The average Bonchev–Trinajstić information content (AvgIpc) is 2.36. The van der Waals surface area contributed by atoms with E-state index in [0.717, 1.165) is 0 Å². The van der Waals surface area contributed by atoms with E-state index in [1.165, 1.54) is 13.2 Å². The van der Waals surface area contributed by atoms with Crippen LogP contribution >= 0.6 is 0 Å². The molecule has 1 aromatic carbocycles. The van der Waals surface area contributed by atoms with Crippen LogP contribution in [0.5, 0.6) is 5.75 Å². The number of rotatable bonds is 5. The molecule has 0 heterocycles. The molecule has 0 saturated carbocycles. The number of methoxy groups -OCH3 is 1. The molecule has 0 aliphatic rings. The zero-order valence-corrected chi connectivity index (χ0v) is 11.1. The number of benzene rings is 1. The van der Waals surface area contributed by atoms with Gasteiger partial charge in [-0.05, 0) is 26.0 Å². The zero-order valence-electron chi connectivity index (χ0n) is 11.1. The number of nitrogens with one attached hydrogen (secondary N) is 2. The predicted octanol–water partition coefficient (Wildman–Crippen LogP) is 1.62. The van der Waals surface area contributed by atoms with Gasteiger partial charge in [0.05, 0.1) is 13.2 Å². The largest absolute Gasteiger partial charge is 0.496 e. The normalized spacial score (nSPS) is 13.8. The van der Waals surface area contributed by atoms with Gasteiger partial charge in [0.2, 0.25) is 5.91 Å². The van der Waals surface area contributed by atoms with Crippen molar-refractivity contribution in [1.82, 2.24) is 10.6 Å². The maximum absolute atomic E-state index is 13.8. The lowest BCUT2D eigenvalue weighted by Crippen LogP contribution is -2.41. The van der Waals surface area contributed by atoms with Crippen molar-refractivity contribution < 1.29 is 13.9 Å². The van der Waals surface area contributed by atoms with Gasteiger partial charge in [-0.25, -0.2) is 4.39 Å². The Morgan fingerprint density at radius 1 is 1.39 bits per heavy atom. The molecule has 0 saturated heterocycles. The van der Waals surface area contributed by atoms with E-state index in [2.05, 4.69) is 10.6 Å². The molecular formula is C13H19FN2O2. The zero-order chi connectivity index (χ0) is 13.7. The molecule has 0 aliphatic carbocycles. The van der Waals surface area contributed by atoms with Crippen LogP contribution in [0.15, 0.2) is 18.2 Å². The maximum Gasteiger partial charge on any atom is 0.236 e. The Bertz CT molecular complexity index is 423. The number of halogens is 1. The molecule has 0 aromatic heterocycles. The first-order valence-corrected chi connectivity index (χ1v) is 5.81. The average molecular weight is 254 g/mol. The molecule has 0 spiro atoms. The minimum absolute atomic E-state index is 0.142. The van der Waals surface area contributed by atoms with Crippen LogP contribution in [0.2, 0.25) is 0 Å². The molecule has 1 amide bonds. The molecule has 100 valence electrons. The Hall–Kier alpha value is -1.62. The first kappa shape index (κ1) is 14.4. The summed E-state index contributed by atoms with van der Waals surface area (Å²) in [5.41, 5.74) is 0.427. The van der Waals surface area contributed by atoms with Gasteiger partial charge in [-0.15, -0.1) is 0 Å². The second-order valence-corrected chi connectivity index (χ2v) is 4.08. The number of likely N-dealkylation sites (N-methyl/N-ethyl adjacent to an activating group) is 1. The fourth-order valence-corrected chi connectivity index (χ4v) is 1.87. The van der Waals surface area contributed by atoms with Crippen molar-refractivity contribution in [3.05, 3.63) is 29.6 Å².